The molecule has 172 valence electrons. The maximum atomic E-state index is 14.3. The number of likely N-dealkylation sites (tertiary alicyclic amines) is 1. The molecular weight excluding hydrogens is 471 g/mol. The number of fused-ring (bicyclic) bond motifs is 3. The van der Waals surface area contributed by atoms with E-state index < -0.39 is 22.7 Å². The molecule has 0 saturated carbocycles. The molecule has 1 aromatic carbocycles. The fraction of sp³-hybridized carbons (Fsp3) is 0.364. The van der Waals surface area contributed by atoms with E-state index >= 15 is 0 Å². The molecule has 1 fully saturated rings. The summed E-state index contributed by atoms with van der Waals surface area (Å²) in [6, 6.07) is 4.92. The molecule has 4 heterocycles. The van der Waals surface area contributed by atoms with Crippen molar-refractivity contribution in [3.8, 4) is 0 Å². The molecule has 5 rings (SSSR count). The molecule has 0 unspecified atom stereocenters. The third kappa shape index (κ3) is 4.40. The van der Waals surface area contributed by atoms with Crippen molar-refractivity contribution >= 4 is 51.5 Å². The van der Waals surface area contributed by atoms with Crippen LogP contribution in [0.3, 0.4) is 0 Å². The first kappa shape index (κ1) is 22.1. The van der Waals surface area contributed by atoms with Gasteiger partial charge in [-0.2, -0.15) is 0 Å². The Kier molecular flexibility index (Phi) is 6.17. The molecule has 1 saturated heterocycles. The largest absolute Gasteiger partial charge is 0.423 e. The van der Waals surface area contributed by atoms with Crippen LogP contribution in [0.1, 0.15) is 40.5 Å². The molecule has 8 nitrogen and oxygen atoms in total. The first-order valence-electron chi connectivity index (χ1n) is 10.5. The SMILES string of the molecule is O=Cc1ccc(SCCCN2CCC(c3noc4cc(F)c5oc(=O)c(=O)oc5c34)CC2)s1. The maximum absolute atomic E-state index is 14.3. The van der Waals surface area contributed by atoms with Crippen LogP contribution in [0.25, 0.3) is 22.1 Å². The van der Waals surface area contributed by atoms with Crippen molar-refractivity contribution in [2.24, 2.45) is 0 Å². The van der Waals surface area contributed by atoms with E-state index in [9.17, 15) is 18.8 Å². The van der Waals surface area contributed by atoms with E-state index in [4.69, 9.17) is 13.4 Å². The number of hydrogen-bond acceptors (Lipinski definition) is 10. The van der Waals surface area contributed by atoms with Crippen molar-refractivity contribution in [1.29, 1.82) is 0 Å². The zero-order valence-electron chi connectivity index (χ0n) is 17.4. The average Bonchev–Trinajstić information content (AvgIpc) is 3.45. The zero-order chi connectivity index (χ0) is 22.9. The Balaban J connectivity index is 1.24. The van der Waals surface area contributed by atoms with Crippen molar-refractivity contribution in [3.63, 3.8) is 0 Å². The monoisotopic (exact) mass is 490 g/mol. The third-order valence-electron chi connectivity index (χ3n) is 5.76. The summed E-state index contributed by atoms with van der Waals surface area (Å²) in [6.45, 7) is 2.71. The Bertz CT molecular complexity index is 1430. The van der Waals surface area contributed by atoms with Crippen molar-refractivity contribution in [1.82, 2.24) is 10.1 Å². The van der Waals surface area contributed by atoms with Crippen LogP contribution < -0.4 is 11.3 Å². The summed E-state index contributed by atoms with van der Waals surface area (Å²) in [5.41, 5.74) is -2.26. The molecule has 0 aliphatic carbocycles. The van der Waals surface area contributed by atoms with Crippen molar-refractivity contribution < 1.29 is 22.5 Å². The van der Waals surface area contributed by atoms with Gasteiger partial charge in [-0.3, -0.25) is 4.79 Å². The highest BCUT2D eigenvalue weighted by atomic mass is 32.2. The number of thiophene rings is 1. The number of rotatable bonds is 7. The third-order valence-corrected chi connectivity index (χ3v) is 8.09. The van der Waals surface area contributed by atoms with Gasteiger partial charge in [-0.15, -0.1) is 23.1 Å². The van der Waals surface area contributed by atoms with Crippen LogP contribution in [0.4, 0.5) is 4.39 Å². The van der Waals surface area contributed by atoms with Crippen LogP contribution in [-0.2, 0) is 0 Å². The lowest BCUT2D eigenvalue weighted by atomic mass is 9.91. The highest BCUT2D eigenvalue weighted by Crippen LogP contribution is 2.37. The molecule has 1 aliphatic rings. The van der Waals surface area contributed by atoms with E-state index in [0.29, 0.717) is 11.1 Å². The molecule has 0 bridgehead atoms. The van der Waals surface area contributed by atoms with E-state index in [0.717, 1.165) is 66.1 Å². The minimum atomic E-state index is -1.26. The van der Waals surface area contributed by atoms with Gasteiger partial charge in [-0.05, 0) is 51.0 Å². The second-order valence-electron chi connectivity index (χ2n) is 7.83. The summed E-state index contributed by atoms with van der Waals surface area (Å²) < 4.78 is 30.7. The average molecular weight is 491 g/mol. The molecule has 0 radical (unpaired) electrons. The second kappa shape index (κ2) is 9.24. The van der Waals surface area contributed by atoms with Gasteiger partial charge in [0.1, 0.15) is 0 Å². The lowest BCUT2D eigenvalue weighted by Gasteiger charge is -2.31. The highest BCUT2D eigenvalue weighted by molar-refractivity contribution is 8.01. The lowest BCUT2D eigenvalue weighted by molar-refractivity contribution is 0.112. The Morgan fingerprint density at radius 2 is 1.94 bits per heavy atom. The number of benzene rings is 1. The summed E-state index contributed by atoms with van der Waals surface area (Å²) in [7, 11) is 0. The van der Waals surface area contributed by atoms with E-state index in [1.807, 2.05) is 12.1 Å². The van der Waals surface area contributed by atoms with Gasteiger partial charge in [0.15, 0.2) is 23.3 Å². The molecule has 0 atom stereocenters. The number of nitrogens with zero attached hydrogens (tertiary/aromatic N) is 2. The molecule has 1 aliphatic heterocycles. The summed E-state index contributed by atoms with van der Waals surface area (Å²) in [5.74, 6) is 0.184. The number of hydrogen-bond donors (Lipinski definition) is 0. The standard InChI is InChI=1S/C22H19FN2O6S2/c23-14-10-15-17(20-19(14)29-21(27)22(28)30-20)18(24-31-15)12-4-7-25(8-5-12)6-1-9-32-16-3-2-13(11-26)33-16/h2-3,10-12H,1,4-9H2. The first-order chi connectivity index (χ1) is 16.0. The number of carbonyl (C=O) groups excluding carboxylic acids is 1. The van der Waals surface area contributed by atoms with Crippen LogP contribution in [0, 0.1) is 5.82 Å². The van der Waals surface area contributed by atoms with Gasteiger partial charge in [0.05, 0.1) is 20.2 Å². The zero-order valence-corrected chi connectivity index (χ0v) is 19.0. The van der Waals surface area contributed by atoms with Crippen molar-refractivity contribution in [3.05, 3.63) is 55.4 Å². The predicted octanol–water partition coefficient (Wildman–Crippen LogP) is 4.26. The van der Waals surface area contributed by atoms with Crippen LogP contribution in [-0.4, -0.2) is 41.7 Å². The molecular formula is C22H19FN2O6S2. The molecule has 0 N–H and O–H groups in total. The fourth-order valence-corrected chi connectivity index (χ4v) is 6.12. The minimum Gasteiger partial charge on any atom is -0.413 e. The lowest BCUT2D eigenvalue weighted by Crippen LogP contribution is -2.34. The summed E-state index contributed by atoms with van der Waals surface area (Å²) in [6.07, 6.45) is 3.55. The number of piperidine rings is 1. The maximum Gasteiger partial charge on any atom is 0.423 e. The van der Waals surface area contributed by atoms with Crippen LogP contribution in [0.5, 0.6) is 0 Å². The van der Waals surface area contributed by atoms with E-state index in [2.05, 4.69) is 10.1 Å². The Morgan fingerprint density at radius 3 is 2.67 bits per heavy atom. The Morgan fingerprint density at radius 1 is 1.18 bits per heavy atom. The predicted molar refractivity (Wildman–Crippen MR) is 122 cm³/mol. The normalized spacial score (nSPS) is 15.5. The highest BCUT2D eigenvalue weighted by Gasteiger charge is 2.28. The van der Waals surface area contributed by atoms with Gasteiger partial charge < -0.3 is 18.3 Å². The Hall–Kier alpha value is -2.76. The van der Waals surface area contributed by atoms with Gasteiger partial charge in [-0.1, -0.05) is 5.16 Å². The second-order valence-corrected chi connectivity index (χ2v) is 10.3. The Labute approximate surface area is 194 Å². The first-order valence-corrected chi connectivity index (χ1v) is 12.3. The van der Waals surface area contributed by atoms with Gasteiger partial charge >= 0.3 is 11.3 Å². The number of carbonyl (C=O) groups is 1. The minimum absolute atomic E-state index is 0.0515. The van der Waals surface area contributed by atoms with E-state index in [1.54, 1.807) is 11.8 Å². The number of halogens is 1. The van der Waals surface area contributed by atoms with Crippen LogP contribution in [0.15, 0.2) is 45.4 Å². The molecule has 33 heavy (non-hydrogen) atoms. The fourth-order valence-electron chi connectivity index (χ4n) is 4.15. The van der Waals surface area contributed by atoms with E-state index in [1.165, 1.54) is 11.3 Å². The number of thioether (sulfide) groups is 1. The summed E-state index contributed by atoms with van der Waals surface area (Å²) >= 11 is 3.27. The summed E-state index contributed by atoms with van der Waals surface area (Å²) in [5, 5.41) is 4.52. The van der Waals surface area contributed by atoms with Gasteiger partial charge in [-0.25, -0.2) is 14.0 Å². The van der Waals surface area contributed by atoms with Crippen LogP contribution in [0.2, 0.25) is 0 Å². The number of aromatic nitrogens is 1. The molecule has 0 amide bonds. The smallest absolute Gasteiger partial charge is 0.413 e. The quantitative estimate of drug-likeness (QED) is 0.162. The van der Waals surface area contributed by atoms with Gasteiger partial charge in [0, 0.05) is 17.7 Å². The van der Waals surface area contributed by atoms with Gasteiger partial charge in [0.2, 0.25) is 5.58 Å². The van der Waals surface area contributed by atoms with Crippen molar-refractivity contribution in [2.75, 3.05) is 25.4 Å². The van der Waals surface area contributed by atoms with Crippen molar-refractivity contribution in [2.45, 2.75) is 29.4 Å². The molecule has 0 spiro atoms. The van der Waals surface area contributed by atoms with Crippen LogP contribution >= 0.6 is 23.1 Å². The summed E-state index contributed by atoms with van der Waals surface area (Å²) in [4.78, 5) is 37.1. The molecule has 11 heteroatoms. The number of aldehydes is 1. The topological polar surface area (TPSA) is 107 Å². The van der Waals surface area contributed by atoms with Gasteiger partial charge in [0.25, 0.3) is 0 Å². The molecule has 4 aromatic rings. The molecule has 3 aromatic heterocycles. The van der Waals surface area contributed by atoms with E-state index in [-0.39, 0.29) is 17.1 Å².